The maximum absolute atomic E-state index is 5.75. The van der Waals surface area contributed by atoms with E-state index in [1.807, 2.05) is 18.2 Å². The molecule has 2 N–H and O–H groups in total. The molecule has 2 aromatic rings. The zero-order valence-corrected chi connectivity index (χ0v) is 11.2. The molecule has 5 nitrogen and oxygen atoms in total. The molecule has 1 atom stereocenters. The van der Waals surface area contributed by atoms with Gasteiger partial charge >= 0.3 is 0 Å². The van der Waals surface area contributed by atoms with Crippen LogP contribution in [0.1, 0.15) is 12.1 Å². The summed E-state index contributed by atoms with van der Waals surface area (Å²) >= 11 is 0. The molecule has 2 aromatic heterocycles. The molecule has 0 amide bonds. The third kappa shape index (κ3) is 2.19. The van der Waals surface area contributed by atoms with Crippen LogP contribution in [0.2, 0.25) is 0 Å². The number of imidazole rings is 1. The molecule has 0 aromatic carbocycles. The Morgan fingerprint density at radius 1 is 1.47 bits per heavy atom. The van der Waals surface area contributed by atoms with Gasteiger partial charge in [-0.25, -0.2) is 4.98 Å². The Labute approximate surface area is 113 Å². The average Bonchev–Trinajstić information content (AvgIpc) is 3.04. The van der Waals surface area contributed by atoms with E-state index in [1.165, 1.54) is 5.69 Å². The molecule has 1 unspecified atom stereocenters. The van der Waals surface area contributed by atoms with Crippen molar-refractivity contribution >= 4 is 11.5 Å². The Morgan fingerprint density at radius 3 is 3.11 bits per heavy atom. The van der Waals surface area contributed by atoms with Crippen molar-refractivity contribution in [2.75, 3.05) is 31.6 Å². The highest BCUT2D eigenvalue weighted by atomic mass is 16.5. The van der Waals surface area contributed by atoms with Crippen molar-refractivity contribution in [1.82, 2.24) is 9.38 Å². The number of anilines is 1. The minimum Gasteiger partial charge on any atom is -0.380 e. The highest BCUT2D eigenvalue weighted by Crippen LogP contribution is 2.26. The highest BCUT2D eigenvalue weighted by Gasteiger charge is 2.26. The van der Waals surface area contributed by atoms with Crippen LogP contribution in [0.15, 0.2) is 24.4 Å². The molecule has 1 aliphatic rings. The van der Waals surface area contributed by atoms with Crippen LogP contribution in [0, 0.1) is 0 Å². The maximum Gasteiger partial charge on any atom is 0.151 e. The van der Waals surface area contributed by atoms with Gasteiger partial charge < -0.3 is 19.8 Å². The van der Waals surface area contributed by atoms with Gasteiger partial charge in [0, 0.05) is 32.8 Å². The van der Waals surface area contributed by atoms with Crippen molar-refractivity contribution in [2.24, 2.45) is 5.73 Å². The Bertz CT molecular complexity index is 566. The number of fused-ring (bicyclic) bond motifs is 1. The van der Waals surface area contributed by atoms with Crippen LogP contribution in [0.5, 0.6) is 0 Å². The molecule has 0 bridgehead atoms. The minimum absolute atomic E-state index is 0.315. The fraction of sp³-hybridized carbons (Fsp3) is 0.500. The highest BCUT2D eigenvalue weighted by molar-refractivity contribution is 5.56. The maximum atomic E-state index is 5.75. The summed E-state index contributed by atoms with van der Waals surface area (Å²) in [6, 6.07) is 6.08. The summed E-state index contributed by atoms with van der Waals surface area (Å²) in [5.41, 5.74) is 7.94. The van der Waals surface area contributed by atoms with E-state index in [1.54, 1.807) is 7.11 Å². The molecule has 1 fully saturated rings. The molecule has 0 aliphatic carbocycles. The first-order valence-electron chi connectivity index (χ1n) is 6.77. The lowest BCUT2D eigenvalue weighted by Gasteiger charge is -2.17. The van der Waals surface area contributed by atoms with Crippen LogP contribution in [0.25, 0.3) is 5.65 Å². The Hall–Kier alpha value is -1.59. The fourth-order valence-electron chi connectivity index (χ4n) is 2.77. The zero-order chi connectivity index (χ0) is 13.2. The summed E-state index contributed by atoms with van der Waals surface area (Å²) in [7, 11) is 1.78. The number of pyridine rings is 1. The Balaban J connectivity index is 2.00. The van der Waals surface area contributed by atoms with Crippen LogP contribution >= 0.6 is 0 Å². The van der Waals surface area contributed by atoms with Gasteiger partial charge in [0.25, 0.3) is 0 Å². The second kappa shape index (κ2) is 5.19. The van der Waals surface area contributed by atoms with Crippen LogP contribution in [0.4, 0.5) is 5.82 Å². The summed E-state index contributed by atoms with van der Waals surface area (Å²) in [5, 5.41) is 0. The van der Waals surface area contributed by atoms with E-state index in [0.717, 1.165) is 37.4 Å². The van der Waals surface area contributed by atoms with E-state index < -0.39 is 0 Å². The third-order valence-electron chi connectivity index (χ3n) is 3.77. The largest absolute Gasteiger partial charge is 0.380 e. The van der Waals surface area contributed by atoms with Gasteiger partial charge in [0.05, 0.1) is 11.8 Å². The van der Waals surface area contributed by atoms with Gasteiger partial charge in [-0.3, -0.25) is 0 Å². The molecule has 3 heterocycles. The molecular formula is C14H20N4O. The SMILES string of the molecule is COC1CCN(c2nc3ccccn3c2CCN)C1. The number of nitrogens with two attached hydrogens (primary N) is 1. The predicted molar refractivity (Wildman–Crippen MR) is 75.6 cm³/mol. The monoisotopic (exact) mass is 260 g/mol. The van der Waals surface area contributed by atoms with Crippen molar-refractivity contribution in [3.63, 3.8) is 0 Å². The van der Waals surface area contributed by atoms with Crippen molar-refractivity contribution in [3.05, 3.63) is 30.1 Å². The lowest BCUT2D eigenvalue weighted by Crippen LogP contribution is -2.24. The summed E-state index contributed by atoms with van der Waals surface area (Å²) in [4.78, 5) is 7.07. The molecule has 0 radical (unpaired) electrons. The standard InChI is InChI=1S/C14H20N4O/c1-19-11-6-9-17(10-11)14-12(5-7-15)18-8-3-2-4-13(18)16-14/h2-4,8,11H,5-7,9-10,15H2,1H3. The first-order chi connectivity index (χ1) is 9.33. The van der Waals surface area contributed by atoms with Crippen LogP contribution < -0.4 is 10.6 Å². The molecular weight excluding hydrogens is 240 g/mol. The minimum atomic E-state index is 0.315. The van der Waals surface area contributed by atoms with Crippen LogP contribution in [0.3, 0.4) is 0 Å². The smallest absolute Gasteiger partial charge is 0.151 e. The quantitative estimate of drug-likeness (QED) is 0.893. The number of rotatable bonds is 4. The molecule has 3 rings (SSSR count). The summed E-state index contributed by atoms with van der Waals surface area (Å²) in [6.45, 7) is 2.55. The lowest BCUT2D eigenvalue weighted by atomic mass is 10.3. The molecule has 1 saturated heterocycles. The summed E-state index contributed by atoms with van der Waals surface area (Å²) in [5.74, 6) is 1.07. The molecule has 0 saturated carbocycles. The molecule has 1 aliphatic heterocycles. The number of nitrogens with zero attached hydrogens (tertiary/aromatic N) is 3. The van der Waals surface area contributed by atoms with Gasteiger partial charge in [0.15, 0.2) is 5.82 Å². The fourth-order valence-corrected chi connectivity index (χ4v) is 2.77. The number of hydrogen-bond donors (Lipinski definition) is 1. The zero-order valence-electron chi connectivity index (χ0n) is 11.2. The van der Waals surface area contributed by atoms with E-state index in [-0.39, 0.29) is 0 Å². The van der Waals surface area contributed by atoms with Crippen molar-refractivity contribution in [3.8, 4) is 0 Å². The van der Waals surface area contributed by atoms with Gasteiger partial charge in [-0.05, 0) is 25.1 Å². The summed E-state index contributed by atoms with van der Waals surface area (Å²) < 4.78 is 7.58. The van der Waals surface area contributed by atoms with Gasteiger partial charge in [0.2, 0.25) is 0 Å². The first kappa shape index (κ1) is 12.4. The predicted octanol–water partition coefficient (Wildman–Crippen LogP) is 1.06. The van der Waals surface area contributed by atoms with E-state index >= 15 is 0 Å². The average molecular weight is 260 g/mol. The van der Waals surface area contributed by atoms with Crippen molar-refractivity contribution < 1.29 is 4.74 Å². The van der Waals surface area contributed by atoms with E-state index in [0.29, 0.717) is 12.6 Å². The number of aromatic nitrogens is 2. The second-order valence-electron chi connectivity index (χ2n) is 4.94. The van der Waals surface area contributed by atoms with Gasteiger partial charge in [-0.1, -0.05) is 6.07 Å². The van der Waals surface area contributed by atoms with E-state index in [4.69, 9.17) is 15.5 Å². The topological polar surface area (TPSA) is 55.8 Å². The van der Waals surface area contributed by atoms with Gasteiger partial charge in [-0.15, -0.1) is 0 Å². The normalized spacial score (nSPS) is 19.5. The Kier molecular flexibility index (Phi) is 3.40. The first-order valence-corrected chi connectivity index (χ1v) is 6.77. The summed E-state index contributed by atoms with van der Waals surface area (Å²) in [6.07, 6.45) is 4.28. The van der Waals surface area contributed by atoms with Gasteiger partial charge in [0.1, 0.15) is 5.65 Å². The van der Waals surface area contributed by atoms with Crippen LogP contribution in [-0.4, -0.2) is 42.2 Å². The second-order valence-corrected chi connectivity index (χ2v) is 4.94. The molecule has 19 heavy (non-hydrogen) atoms. The molecule has 5 heteroatoms. The number of ether oxygens (including phenoxy) is 1. The van der Waals surface area contributed by atoms with Crippen LogP contribution in [-0.2, 0) is 11.2 Å². The van der Waals surface area contributed by atoms with E-state index in [9.17, 15) is 0 Å². The Morgan fingerprint density at radius 2 is 2.37 bits per heavy atom. The van der Waals surface area contributed by atoms with Crippen molar-refractivity contribution in [1.29, 1.82) is 0 Å². The van der Waals surface area contributed by atoms with Gasteiger partial charge in [-0.2, -0.15) is 0 Å². The number of hydrogen-bond acceptors (Lipinski definition) is 4. The third-order valence-corrected chi connectivity index (χ3v) is 3.77. The number of methoxy groups -OCH3 is 1. The van der Waals surface area contributed by atoms with Crippen molar-refractivity contribution in [2.45, 2.75) is 18.9 Å². The lowest BCUT2D eigenvalue weighted by molar-refractivity contribution is 0.121. The molecule has 0 spiro atoms. The van der Waals surface area contributed by atoms with E-state index in [2.05, 4.69) is 15.5 Å². The molecule has 102 valence electrons.